The van der Waals surface area contributed by atoms with Gasteiger partial charge in [-0.15, -0.1) is 0 Å². The Balaban J connectivity index is 2.22. The van der Waals surface area contributed by atoms with Crippen LogP contribution in [0.1, 0.15) is 12.8 Å². The van der Waals surface area contributed by atoms with Crippen molar-refractivity contribution in [2.75, 3.05) is 40.0 Å². The van der Waals surface area contributed by atoms with E-state index in [1.54, 1.807) is 12.0 Å². The van der Waals surface area contributed by atoms with Gasteiger partial charge in [0.15, 0.2) is 0 Å². The predicted molar refractivity (Wildman–Crippen MR) is 65.1 cm³/mol. The first kappa shape index (κ1) is 14.9. The van der Waals surface area contributed by atoms with E-state index >= 15 is 0 Å². The third-order valence-corrected chi connectivity index (χ3v) is 2.56. The van der Waals surface area contributed by atoms with Gasteiger partial charge in [0.1, 0.15) is 0 Å². The van der Waals surface area contributed by atoms with E-state index < -0.39 is 6.03 Å². The normalized spacial score (nSPS) is 14.6. The first-order valence-corrected chi connectivity index (χ1v) is 6.08. The molecule has 0 aromatic heterocycles. The van der Waals surface area contributed by atoms with Crippen molar-refractivity contribution in [3.8, 4) is 0 Å². The molecule has 0 heterocycles. The van der Waals surface area contributed by atoms with Crippen LogP contribution in [0.15, 0.2) is 0 Å². The standard InChI is InChI=1S/C11H21N3O4/c1-18-7-5-14(4-6-15)8-10(16)13-11(17)12-9-2-3-9/h9,15H,2-8H2,1H3,(H2,12,13,16,17). The molecule has 0 aromatic carbocycles. The van der Waals surface area contributed by atoms with Crippen molar-refractivity contribution in [2.24, 2.45) is 0 Å². The Morgan fingerprint density at radius 2 is 2.11 bits per heavy atom. The van der Waals surface area contributed by atoms with Crippen molar-refractivity contribution >= 4 is 11.9 Å². The average Bonchev–Trinajstić information content (AvgIpc) is 3.09. The van der Waals surface area contributed by atoms with Crippen LogP contribution in [0.5, 0.6) is 0 Å². The summed E-state index contributed by atoms with van der Waals surface area (Å²) in [6.45, 7) is 1.42. The third-order valence-electron chi connectivity index (χ3n) is 2.56. The zero-order valence-electron chi connectivity index (χ0n) is 10.6. The average molecular weight is 259 g/mol. The fraction of sp³-hybridized carbons (Fsp3) is 0.818. The van der Waals surface area contributed by atoms with E-state index in [4.69, 9.17) is 9.84 Å². The lowest BCUT2D eigenvalue weighted by Crippen LogP contribution is -2.46. The third kappa shape index (κ3) is 6.53. The lowest BCUT2D eigenvalue weighted by molar-refractivity contribution is -0.121. The lowest BCUT2D eigenvalue weighted by Gasteiger charge is -2.19. The van der Waals surface area contributed by atoms with Crippen LogP contribution in [0.3, 0.4) is 0 Å². The molecule has 1 aliphatic carbocycles. The molecule has 0 radical (unpaired) electrons. The maximum absolute atomic E-state index is 11.6. The molecular weight excluding hydrogens is 238 g/mol. The molecule has 0 spiro atoms. The minimum Gasteiger partial charge on any atom is -0.395 e. The number of carbonyl (C=O) groups is 2. The van der Waals surface area contributed by atoms with E-state index in [1.165, 1.54) is 0 Å². The molecule has 0 unspecified atom stereocenters. The lowest BCUT2D eigenvalue weighted by atomic mass is 10.4. The SMILES string of the molecule is COCCN(CCO)CC(=O)NC(=O)NC1CC1. The van der Waals surface area contributed by atoms with Crippen LogP contribution >= 0.6 is 0 Å². The number of aliphatic hydroxyl groups is 1. The molecule has 1 saturated carbocycles. The summed E-state index contributed by atoms with van der Waals surface area (Å²) in [4.78, 5) is 24.6. The molecule has 3 N–H and O–H groups in total. The van der Waals surface area contributed by atoms with Crippen LogP contribution < -0.4 is 10.6 Å². The Hall–Kier alpha value is -1.18. The fourth-order valence-corrected chi connectivity index (χ4v) is 1.45. The molecule has 1 fully saturated rings. The van der Waals surface area contributed by atoms with Crippen molar-refractivity contribution < 1.29 is 19.4 Å². The first-order valence-electron chi connectivity index (χ1n) is 6.08. The molecule has 0 aromatic rings. The minimum absolute atomic E-state index is 0.0364. The summed E-state index contributed by atoms with van der Waals surface area (Å²) in [5.74, 6) is -0.377. The number of methoxy groups -OCH3 is 1. The number of urea groups is 1. The highest BCUT2D eigenvalue weighted by molar-refractivity contribution is 5.95. The van der Waals surface area contributed by atoms with E-state index in [9.17, 15) is 9.59 Å². The van der Waals surface area contributed by atoms with Gasteiger partial charge in [0.2, 0.25) is 5.91 Å². The van der Waals surface area contributed by atoms with Gasteiger partial charge >= 0.3 is 6.03 Å². The number of nitrogens with zero attached hydrogens (tertiary/aromatic N) is 1. The van der Waals surface area contributed by atoms with Crippen molar-refractivity contribution in [3.63, 3.8) is 0 Å². The second-order valence-electron chi connectivity index (χ2n) is 4.29. The van der Waals surface area contributed by atoms with Crippen LogP contribution in [0.2, 0.25) is 0 Å². The maximum atomic E-state index is 11.6. The van der Waals surface area contributed by atoms with Gasteiger partial charge in [-0.3, -0.25) is 15.0 Å². The Kier molecular flexibility index (Phi) is 6.63. The first-order chi connectivity index (χ1) is 8.65. The summed E-state index contributed by atoms with van der Waals surface area (Å²) in [5, 5.41) is 13.8. The van der Waals surface area contributed by atoms with Gasteiger partial charge in [0.25, 0.3) is 0 Å². The van der Waals surface area contributed by atoms with Crippen molar-refractivity contribution in [2.45, 2.75) is 18.9 Å². The number of aliphatic hydroxyl groups excluding tert-OH is 1. The Labute approximate surface area is 106 Å². The fourth-order valence-electron chi connectivity index (χ4n) is 1.45. The van der Waals surface area contributed by atoms with E-state index in [1.807, 2.05) is 0 Å². The van der Waals surface area contributed by atoms with Gasteiger partial charge in [-0.1, -0.05) is 0 Å². The van der Waals surface area contributed by atoms with Crippen LogP contribution in [0.4, 0.5) is 4.79 Å². The van der Waals surface area contributed by atoms with E-state index in [0.29, 0.717) is 19.7 Å². The molecule has 18 heavy (non-hydrogen) atoms. The van der Waals surface area contributed by atoms with Gasteiger partial charge < -0.3 is 15.2 Å². The van der Waals surface area contributed by atoms with Crippen LogP contribution in [0.25, 0.3) is 0 Å². The molecule has 0 bridgehead atoms. The molecule has 3 amide bonds. The number of ether oxygens (including phenoxy) is 1. The van der Waals surface area contributed by atoms with E-state index in [0.717, 1.165) is 12.8 Å². The van der Waals surface area contributed by atoms with Crippen LogP contribution in [-0.2, 0) is 9.53 Å². The predicted octanol–water partition coefficient (Wildman–Crippen LogP) is -1.08. The molecular formula is C11H21N3O4. The number of rotatable bonds is 8. The van der Waals surface area contributed by atoms with Gasteiger partial charge in [-0.25, -0.2) is 4.79 Å². The van der Waals surface area contributed by atoms with Gasteiger partial charge in [0, 0.05) is 26.2 Å². The highest BCUT2D eigenvalue weighted by Gasteiger charge is 2.24. The number of carbonyl (C=O) groups excluding carboxylic acids is 2. The number of amides is 3. The molecule has 104 valence electrons. The van der Waals surface area contributed by atoms with Crippen molar-refractivity contribution in [1.29, 1.82) is 0 Å². The second-order valence-corrected chi connectivity index (χ2v) is 4.29. The summed E-state index contributed by atoms with van der Waals surface area (Å²) in [5.41, 5.74) is 0. The van der Waals surface area contributed by atoms with Crippen LogP contribution in [-0.4, -0.2) is 67.9 Å². The number of imide groups is 1. The van der Waals surface area contributed by atoms with Gasteiger partial charge in [0.05, 0.1) is 19.8 Å². The molecule has 7 nitrogen and oxygen atoms in total. The highest BCUT2D eigenvalue weighted by atomic mass is 16.5. The molecule has 0 aliphatic heterocycles. The number of nitrogens with one attached hydrogen (secondary N) is 2. The van der Waals surface area contributed by atoms with Gasteiger partial charge in [-0.2, -0.15) is 0 Å². The largest absolute Gasteiger partial charge is 0.395 e. The quantitative estimate of drug-likeness (QED) is 0.515. The number of hydrogen-bond donors (Lipinski definition) is 3. The summed E-state index contributed by atoms with van der Waals surface area (Å²) >= 11 is 0. The van der Waals surface area contributed by atoms with Crippen molar-refractivity contribution in [3.05, 3.63) is 0 Å². The Morgan fingerprint density at radius 1 is 1.39 bits per heavy atom. The zero-order chi connectivity index (χ0) is 13.4. The Morgan fingerprint density at radius 3 is 2.67 bits per heavy atom. The van der Waals surface area contributed by atoms with E-state index in [2.05, 4.69) is 10.6 Å². The second kappa shape index (κ2) is 8.02. The monoisotopic (exact) mass is 259 g/mol. The van der Waals surface area contributed by atoms with Gasteiger partial charge in [-0.05, 0) is 12.8 Å². The molecule has 1 aliphatic rings. The molecule has 0 saturated heterocycles. The summed E-state index contributed by atoms with van der Waals surface area (Å²) < 4.78 is 4.91. The minimum atomic E-state index is -0.446. The molecule has 7 heteroatoms. The zero-order valence-corrected chi connectivity index (χ0v) is 10.6. The smallest absolute Gasteiger partial charge is 0.321 e. The Bertz CT molecular complexity index is 281. The summed E-state index contributed by atoms with van der Waals surface area (Å²) in [7, 11) is 1.57. The summed E-state index contributed by atoms with van der Waals surface area (Å²) in [6.07, 6.45) is 1.96. The topological polar surface area (TPSA) is 90.9 Å². The van der Waals surface area contributed by atoms with Crippen LogP contribution in [0, 0.1) is 0 Å². The maximum Gasteiger partial charge on any atom is 0.321 e. The van der Waals surface area contributed by atoms with Crippen molar-refractivity contribution in [1.82, 2.24) is 15.5 Å². The summed E-state index contributed by atoms with van der Waals surface area (Å²) in [6, 6.07) is -0.224. The molecule has 1 rings (SSSR count). The van der Waals surface area contributed by atoms with E-state index in [-0.39, 0.29) is 25.1 Å². The highest BCUT2D eigenvalue weighted by Crippen LogP contribution is 2.18. The molecule has 0 atom stereocenters. The number of hydrogen-bond acceptors (Lipinski definition) is 5.